The van der Waals surface area contributed by atoms with Crippen LogP contribution in [0.2, 0.25) is 0 Å². The summed E-state index contributed by atoms with van der Waals surface area (Å²) in [5.41, 5.74) is 1.93. The van der Waals surface area contributed by atoms with Gasteiger partial charge in [-0.25, -0.2) is 4.79 Å². The van der Waals surface area contributed by atoms with Crippen LogP contribution >= 0.6 is 0 Å². The van der Waals surface area contributed by atoms with Crippen LogP contribution in [0, 0.1) is 0 Å². The molecule has 1 aliphatic heterocycles. The lowest BCUT2D eigenvalue weighted by molar-refractivity contribution is -0.152. The first-order valence-electron chi connectivity index (χ1n) is 6.80. The van der Waals surface area contributed by atoms with Crippen LogP contribution in [0.15, 0.2) is 48.5 Å². The number of benzene rings is 2. The van der Waals surface area contributed by atoms with Crippen LogP contribution in [0.1, 0.15) is 11.1 Å². The topological polar surface area (TPSA) is 44.8 Å². The molecule has 0 saturated heterocycles. The number of ether oxygens (including phenoxy) is 3. The van der Waals surface area contributed by atoms with E-state index in [-0.39, 0.29) is 12.6 Å². The summed E-state index contributed by atoms with van der Waals surface area (Å²) < 4.78 is 16.1. The van der Waals surface area contributed by atoms with Gasteiger partial charge >= 0.3 is 5.97 Å². The van der Waals surface area contributed by atoms with E-state index in [9.17, 15) is 4.79 Å². The third kappa shape index (κ3) is 2.99. The fourth-order valence-electron chi connectivity index (χ4n) is 2.32. The summed E-state index contributed by atoms with van der Waals surface area (Å²) >= 11 is 0. The summed E-state index contributed by atoms with van der Waals surface area (Å²) in [6, 6.07) is 15.1. The van der Waals surface area contributed by atoms with Crippen molar-refractivity contribution in [3.63, 3.8) is 0 Å². The molecule has 108 valence electrons. The van der Waals surface area contributed by atoms with Crippen molar-refractivity contribution < 1.29 is 19.0 Å². The van der Waals surface area contributed by atoms with Crippen LogP contribution in [0.25, 0.3) is 0 Å². The molecule has 0 fully saturated rings. The highest BCUT2D eigenvalue weighted by molar-refractivity contribution is 5.76. The number of carbonyl (C=O) groups is 1. The van der Waals surface area contributed by atoms with E-state index in [0.717, 1.165) is 22.6 Å². The summed E-state index contributed by atoms with van der Waals surface area (Å²) in [5, 5.41) is 0. The predicted molar refractivity (Wildman–Crippen MR) is 77.4 cm³/mol. The van der Waals surface area contributed by atoms with Gasteiger partial charge in [-0.15, -0.1) is 0 Å². The minimum Gasteiger partial charge on any atom is -0.497 e. The molecule has 1 atom stereocenters. The molecular weight excluding hydrogens is 268 g/mol. The molecule has 0 amide bonds. The van der Waals surface area contributed by atoms with Crippen LogP contribution in [0.3, 0.4) is 0 Å². The molecule has 0 aromatic heterocycles. The van der Waals surface area contributed by atoms with Gasteiger partial charge in [-0.3, -0.25) is 0 Å². The third-order valence-corrected chi connectivity index (χ3v) is 3.43. The Kier molecular flexibility index (Phi) is 3.77. The van der Waals surface area contributed by atoms with E-state index in [2.05, 4.69) is 0 Å². The van der Waals surface area contributed by atoms with Gasteiger partial charge in [-0.1, -0.05) is 30.3 Å². The number of carbonyl (C=O) groups excluding carboxylic acids is 1. The van der Waals surface area contributed by atoms with Crippen LogP contribution in [0.5, 0.6) is 11.5 Å². The van der Waals surface area contributed by atoms with Crippen LogP contribution in [-0.4, -0.2) is 19.2 Å². The highest BCUT2D eigenvalue weighted by atomic mass is 16.6. The predicted octanol–water partition coefficient (Wildman–Crippen LogP) is 2.74. The van der Waals surface area contributed by atoms with Gasteiger partial charge in [-0.2, -0.15) is 0 Å². The lowest BCUT2D eigenvalue weighted by Gasteiger charge is -2.11. The number of fused-ring (bicyclic) bond motifs is 1. The Morgan fingerprint density at radius 1 is 1.24 bits per heavy atom. The van der Waals surface area contributed by atoms with Crippen molar-refractivity contribution in [1.29, 1.82) is 0 Å². The van der Waals surface area contributed by atoms with E-state index in [1.807, 2.05) is 48.5 Å². The highest BCUT2D eigenvalue weighted by Gasteiger charge is 2.30. The average molecular weight is 284 g/mol. The van der Waals surface area contributed by atoms with Crippen LogP contribution < -0.4 is 9.47 Å². The first-order valence-corrected chi connectivity index (χ1v) is 6.80. The average Bonchev–Trinajstić information content (AvgIpc) is 2.97. The maximum Gasteiger partial charge on any atom is 0.348 e. The van der Waals surface area contributed by atoms with Gasteiger partial charge in [0.05, 0.1) is 7.11 Å². The molecule has 0 N–H and O–H groups in total. The van der Waals surface area contributed by atoms with E-state index >= 15 is 0 Å². The van der Waals surface area contributed by atoms with Gasteiger partial charge in [0.15, 0.2) is 6.10 Å². The molecule has 1 aliphatic rings. The minimum absolute atomic E-state index is 0.215. The minimum atomic E-state index is -0.548. The Morgan fingerprint density at radius 2 is 2.10 bits per heavy atom. The largest absolute Gasteiger partial charge is 0.497 e. The fraction of sp³-hybridized carbons (Fsp3) is 0.235. The van der Waals surface area contributed by atoms with Gasteiger partial charge in [0, 0.05) is 6.42 Å². The molecule has 0 unspecified atom stereocenters. The second kappa shape index (κ2) is 5.87. The zero-order valence-corrected chi connectivity index (χ0v) is 11.7. The second-order valence-corrected chi connectivity index (χ2v) is 4.88. The zero-order valence-electron chi connectivity index (χ0n) is 11.7. The zero-order chi connectivity index (χ0) is 14.7. The van der Waals surface area contributed by atoms with Crippen LogP contribution in [-0.2, 0) is 22.6 Å². The van der Waals surface area contributed by atoms with E-state index in [1.165, 1.54) is 0 Å². The number of hydrogen-bond acceptors (Lipinski definition) is 4. The van der Waals surface area contributed by atoms with Gasteiger partial charge in [0.25, 0.3) is 0 Å². The standard InChI is InChI=1S/C17H16O4/c1-19-14-7-4-5-12(9-14)11-20-17(18)16-10-13-6-2-3-8-15(13)21-16/h2-9,16H,10-11H2,1H3/t16-/m0/s1. The van der Waals surface area contributed by atoms with E-state index in [4.69, 9.17) is 14.2 Å². The van der Waals surface area contributed by atoms with Gasteiger partial charge in [0.1, 0.15) is 18.1 Å². The SMILES string of the molecule is COc1cccc(COC(=O)[C@@H]2Cc3ccccc3O2)c1. The Hall–Kier alpha value is -2.49. The summed E-state index contributed by atoms with van der Waals surface area (Å²) in [7, 11) is 1.61. The molecule has 21 heavy (non-hydrogen) atoms. The highest BCUT2D eigenvalue weighted by Crippen LogP contribution is 2.28. The Morgan fingerprint density at radius 3 is 2.90 bits per heavy atom. The Bertz CT molecular complexity index is 626. The quantitative estimate of drug-likeness (QED) is 0.810. The number of para-hydroxylation sites is 1. The van der Waals surface area contributed by atoms with Gasteiger partial charge in [-0.05, 0) is 29.3 Å². The first-order chi connectivity index (χ1) is 10.3. The molecular formula is C17H16O4. The maximum absolute atomic E-state index is 12.1. The fourth-order valence-corrected chi connectivity index (χ4v) is 2.32. The van der Waals surface area contributed by atoms with Crippen molar-refractivity contribution in [2.75, 3.05) is 7.11 Å². The van der Waals surface area contributed by atoms with Crippen molar-refractivity contribution in [2.45, 2.75) is 19.1 Å². The number of methoxy groups -OCH3 is 1. The smallest absolute Gasteiger partial charge is 0.348 e. The molecule has 4 heteroatoms. The van der Waals surface area contributed by atoms with Crippen molar-refractivity contribution in [3.8, 4) is 11.5 Å². The molecule has 1 heterocycles. The van der Waals surface area contributed by atoms with Gasteiger partial charge < -0.3 is 14.2 Å². The van der Waals surface area contributed by atoms with E-state index in [1.54, 1.807) is 7.11 Å². The molecule has 0 radical (unpaired) electrons. The summed E-state index contributed by atoms with van der Waals surface area (Å²) in [5.74, 6) is 1.17. The normalized spacial score (nSPS) is 16.0. The van der Waals surface area contributed by atoms with Crippen molar-refractivity contribution >= 4 is 5.97 Å². The second-order valence-electron chi connectivity index (χ2n) is 4.88. The number of hydrogen-bond donors (Lipinski definition) is 0. The van der Waals surface area contributed by atoms with Gasteiger partial charge in [0.2, 0.25) is 0 Å². The molecule has 0 aliphatic carbocycles. The van der Waals surface area contributed by atoms with Crippen molar-refractivity contribution in [1.82, 2.24) is 0 Å². The van der Waals surface area contributed by atoms with Crippen molar-refractivity contribution in [3.05, 3.63) is 59.7 Å². The number of rotatable bonds is 4. The number of esters is 1. The molecule has 0 saturated carbocycles. The molecule has 3 rings (SSSR count). The lowest BCUT2D eigenvalue weighted by atomic mass is 10.1. The Labute approximate surface area is 123 Å². The third-order valence-electron chi connectivity index (χ3n) is 3.43. The molecule has 0 spiro atoms. The van der Waals surface area contributed by atoms with Crippen molar-refractivity contribution in [2.24, 2.45) is 0 Å². The summed E-state index contributed by atoms with van der Waals surface area (Å²) in [4.78, 5) is 12.1. The van der Waals surface area contributed by atoms with E-state index in [0.29, 0.717) is 6.42 Å². The molecule has 0 bridgehead atoms. The molecule has 4 nitrogen and oxygen atoms in total. The summed E-state index contributed by atoms with van der Waals surface area (Å²) in [6.07, 6.45) is 0.0145. The lowest BCUT2D eigenvalue weighted by Crippen LogP contribution is -2.27. The molecule has 2 aromatic rings. The monoisotopic (exact) mass is 284 g/mol. The van der Waals surface area contributed by atoms with Crippen LogP contribution in [0.4, 0.5) is 0 Å². The van der Waals surface area contributed by atoms with E-state index < -0.39 is 6.10 Å². The summed E-state index contributed by atoms with van der Waals surface area (Å²) in [6.45, 7) is 0.215. The maximum atomic E-state index is 12.1. The molecule has 2 aromatic carbocycles. The first kappa shape index (κ1) is 13.5. The Balaban J connectivity index is 1.58.